The summed E-state index contributed by atoms with van der Waals surface area (Å²) in [6.07, 6.45) is 8.08. The molecule has 2 nitrogen and oxygen atoms in total. The molecule has 1 aliphatic rings. The Balaban J connectivity index is 2.22. The first-order chi connectivity index (χ1) is 8.93. The van der Waals surface area contributed by atoms with Gasteiger partial charge in [-0.3, -0.25) is 0 Å². The quantitative estimate of drug-likeness (QED) is 0.791. The number of hydrogen-bond donors (Lipinski definition) is 1. The Morgan fingerprint density at radius 1 is 1.16 bits per heavy atom. The lowest BCUT2D eigenvalue weighted by molar-refractivity contribution is 0.206. The Morgan fingerprint density at radius 3 is 2.53 bits per heavy atom. The molecular formula is C17H36N2. The van der Waals surface area contributed by atoms with Crippen LogP contribution in [0.2, 0.25) is 0 Å². The topological polar surface area (TPSA) is 29.3 Å². The van der Waals surface area contributed by atoms with Crippen LogP contribution in [0.4, 0.5) is 0 Å². The van der Waals surface area contributed by atoms with Crippen molar-refractivity contribution in [2.45, 2.75) is 66.2 Å². The summed E-state index contributed by atoms with van der Waals surface area (Å²) >= 11 is 0. The third-order valence-corrected chi connectivity index (χ3v) is 4.88. The van der Waals surface area contributed by atoms with Crippen LogP contribution >= 0.6 is 0 Å². The van der Waals surface area contributed by atoms with Gasteiger partial charge in [0.25, 0.3) is 0 Å². The van der Waals surface area contributed by atoms with Crippen molar-refractivity contribution in [2.24, 2.45) is 23.0 Å². The summed E-state index contributed by atoms with van der Waals surface area (Å²) in [6, 6.07) is 0. The van der Waals surface area contributed by atoms with Crippen LogP contribution in [0.1, 0.15) is 66.2 Å². The van der Waals surface area contributed by atoms with E-state index in [4.69, 9.17) is 5.73 Å². The first-order valence-corrected chi connectivity index (χ1v) is 8.36. The molecule has 2 atom stereocenters. The summed E-state index contributed by atoms with van der Waals surface area (Å²) in [7, 11) is 0. The van der Waals surface area contributed by atoms with Crippen molar-refractivity contribution >= 4 is 0 Å². The summed E-state index contributed by atoms with van der Waals surface area (Å²) in [5, 5.41) is 0. The number of nitrogens with two attached hydrogens (primary N) is 1. The maximum atomic E-state index is 5.61. The Kier molecular flexibility index (Phi) is 7.38. The van der Waals surface area contributed by atoms with Crippen molar-refractivity contribution in [2.75, 3.05) is 26.2 Å². The highest BCUT2D eigenvalue weighted by Gasteiger charge is 2.26. The molecule has 2 N–H and O–H groups in total. The van der Waals surface area contributed by atoms with E-state index in [9.17, 15) is 0 Å². The summed E-state index contributed by atoms with van der Waals surface area (Å²) in [5.41, 5.74) is 6.10. The van der Waals surface area contributed by atoms with Crippen LogP contribution in [-0.2, 0) is 0 Å². The second kappa shape index (κ2) is 8.26. The second-order valence-electron chi connectivity index (χ2n) is 7.66. The maximum Gasteiger partial charge on any atom is -0.00159 e. The number of rotatable bonds is 6. The van der Waals surface area contributed by atoms with Gasteiger partial charge in [-0.1, -0.05) is 27.7 Å². The lowest BCUT2D eigenvalue weighted by atomic mass is 9.77. The van der Waals surface area contributed by atoms with Crippen LogP contribution < -0.4 is 5.73 Å². The fourth-order valence-electron chi connectivity index (χ4n) is 3.34. The normalized spacial score (nSPS) is 24.2. The smallest absolute Gasteiger partial charge is 0.00159 e. The summed E-state index contributed by atoms with van der Waals surface area (Å²) in [5.74, 6) is 1.72. The molecule has 1 heterocycles. The Labute approximate surface area is 121 Å². The monoisotopic (exact) mass is 268 g/mol. The van der Waals surface area contributed by atoms with E-state index in [0.29, 0.717) is 5.41 Å². The van der Waals surface area contributed by atoms with Gasteiger partial charge in [-0.2, -0.15) is 0 Å². The predicted molar refractivity (Wildman–Crippen MR) is 85.3 cm³/mol. The largest absolute Gasteiger partial charge is 0.330 e. The zero-order chi connectivity index (χ0) is 14.3. The SMILES string of the molecule is CC(CCN)CCCN1CCCC(C(C)(C)C)CC1. The lowest BCUT2D eigenvalue weighted by Crippen LogP contribution is -2.27. The van der Waals surface area contributed by atoms with Crippen LogP contribution in [0.3, 0.4) is 0 Å². The summed E-state index contributed by atoms with van der Waals surface area (Å²) in [4.78, 5) is 2.70. The van der Waals surface area contributed by atoms with Crippen LogP contribution in [0, 0.1) is 17.3 Å². The van der Waals surface area contributed by atoms with Crippen LogP contribution in [0.5, 0.6) is 0 Å². The summed E-state index contributed by atoms with van der Waals surface area (Å²) in [6.45, 7) is 14.3. The molecular weight excluding hydrogens is 232 g/mol. The minimum Gasteiger partial charge on any atom is -0.330 e. The van der Waals surface area contributed by atoms with Gasteiger partial charge in [-0.05, 0) is 82.0 Å². The molecule has 1 aliphatic heterocycles. The Hall–Kier alpha value is -0.0800. The first-order valence-electron chi connectivity index (χ1n) is 8.36. The molecule has 1 fully saturated rings. The third-order valence-electron chi connectivity index (χ3n) is 4.88. The lowest BCUT2D eigenvalue weighted by Gasteiger charge is -2.29. The zero-order valence-corrected chi connectivity index (χ0v) is 13.8. The van der Waals surface area contributed by atoms with Gasteiger partial charge in [0.15, 0.2) is 0 Å². The molecule has 1 rings (SSSR count). The van der Waals surface area contributed by atoms with Crippen molar-refractivity contribution in [1.82, 2.24) is 4.90 Å². The second-order valence-corrected chi connectivity index (χ2v) is 7.66. The van der Waals surface area contributed by atoms with Gasteiger partial charge < -0.3 is 10.6 Å². The van der Waals surface area contributed by atoms with E-state index in [1.165, 1.54) is 58.2 Å². The van der Waals surface area contributed by atoms with Gasteiger partial charge in [0.05, 0.1) is 0 Å². The van der Waals surface area contributed by atoms with Crippen LogP contribution in [0.25, 0.3) is 0 Å². The molecule has 0 amide bonds. The maximum absolute atomic E-state index is 5.61. The fourth-order valence-corrected chi connectivity index (χ4v) is 3.34. The molecule has 0 aromatic rings. The predicted octanol–water partition coefficient (Wildman–Crippen LogP) is 3.90. The van der Waals surface area contributed by atoms with Gasteiger partial charge in [0.1, 0.15) is 0 Å². The van der Waals surface area contributed by atoms with Gasteiger partial charge in [-0.15, -0.1) is 0 Å². The fraction of sp³-hybridized carbons (Fsp3) is 1.00. The number of nitrogens with zero attached hydrogens (tertiary/aromatic N) is 1. The molecule has 0 radical (unpaired) electrons. The molecule has 2 heteroatoms. The van der Waals surface area contributed by atoms with Crippen molar-refractivity contribution < 1.29 is 0 Å². The van der Waals surface area contributed by atoms with E-state index in [1.807, 2.05) is 0 Å². The Morgan fingerprint density at radius 2 is 1.89 bits per heavy atom. The minimum absolute atomic E-state index is 0.492. The van der Waals surface area contributed by atoms with Crippen molar-refractivity contribution in [3.05, 3.63) is 0 Å². The standard InChI is InChI=1S/C17H36N2/c1-15(9-11-18)7-5-12-19-13-6-8-16(10-14-19)17(2,3)4/h15-16H,5-14,18H2,1-4H3. The molecule has 114 valence electrons. The van der Waals surface area contributed by atoms with Gasteiger partial charge >= 0.3 is 0 Å². The molecule has 0 saturated carbocycles. The first kappa shape index (κ1) is 17.0. The van der Waals surface area contributed by atoms with E-state index in [-0.39, 0.29) is 0 Å². The van der Waals surface area contributed by atoms with E-state index in [0.717, 1.165) is 18.4 Å². The van der Waals surface area contributed by atoms with Crippen molar-refractivity contribution in [3.63, 3.8) is 0 Å². The van der Waals surface area contributed by atoms with Crippen molar-refractivity contribution in [3.8, 4) is 0 Å². The zero-order valence-electron chi connectivity index (χ0n) is 13.8. The molecule has 0 spiro atoms. The highest BCUT2D eigenvalue weighted by Crippen LogP contribution is 2.34. The van der Waals surface area contributed by atoms with Gasteiger partial charge in [0.2, 0.25) is 0 Å². The minimum atomic E-state index is 0.492. The van der Waals surface area contributed by atoms with Crippen LogP contribution in [0.15, 0.2) is 0 Å². The molecule has 19 heavy (non-hydrogen) atoms. The van der Waals surface area contributed by atoms with Crippen molar-refractivity contribution in [1.29, 1.82) is 0 Å². The average Bonchev–Trinajstić information content (AvgIpc) is 2.54. The third kappa shape index (κ3) is 6.76. The van der Waals surface area contributed by atoms with Crippen LogP contribution in [-0.4, -0.2) is 31.1 Å². The molecule has 1 saturated heterocycles. The van der Waals surface area contributed by atoms with E-state index in [1.54, 1.807) is 0 Å². The Bertz CT molecular complexity index is 232. The molecule has 0 bridgehead atoms. The highest BCUT2D eigenvalue weighted by atomic mass is 15.1. The van der Waals surface area contributed by atoms with Gasteiger partial charge in [-0.25, -0.2) is 0 Å². The average molecular weight is 268 g/mol. The highest BCUT2D eigenvalue weighted by molar-refractivity contribution is 4.78. The molecule has 0 aromatic carbocycles. The summed E-state index contributed by atoms with van der Waals surface area (Å²) < 4.78 is 0. The molecule has 0 aliphatic carbocycles. The van der Waals surface area contributed by atoms with E-state index in [2.05, 4.69) is 32.6 Å². The number of likely N-dealkylation sites (tertiary alicyclic amines) is 1. The van der Waals surface area contributed by atoms with E-state index < -0.39 is 0 Å². The van der Waals surface area contributed by atoms with E-state index >= 15 is 0 Å². The molecule has 2 unspecified atom stereocenters. The molecule has 0 aromatic heterocycles. The van der Waals surface area contributed by atoms with Gasteiger partial charge in [0, 0.05) is 0 Å². The number of hydrogen-bond acceptors (Lipinski definition) is 2.